The quantitative estimate of drug-likeness (QED) is 0.869. The number of rotatable bonds is 2. The van der Waals surface area contributed by atoms with Gasteiger partial charge in [0.15, 0.2) is 0 Å². The van der Waals surface area contributed by atoms with E-state index in [0.717, 1.165) is 0 Å². The van der Waals surface area contributed by atoms with Gasteiger partial charge in [0.2, 0.25) is 0 Å². The van der Waals surface area contributed by atoms with Gasteiger partial charge < -0.3 is 9.72 Å². The number of benzene rings is 1. The first-order chi connectivity index (χ1) is 7.72. The topological polar surface area (TPSA) is 55.0 Å². The summed E-state index contributed by atoms with van der Waals surface area (Å²) in [4.78, 5) is 18.2. The average Bonchev–Trinajstić information content (AvgIpc) is 2.29. The third-order valence-corrected chi connectivity index (χ3v) is 2.36. The molecule has 16 heavy (non-hydrogen) atoms. The number of halogens is 1. The second kappa shape index (κ2) is 4.37. The van der Waals surface area contributed by atoms with Crippen molar-refractivity contribution in [2.75, 3.05) is 7.11 Å². The summed E-state index contributed by atoms with van der Waals surface area (Å²) in [7, 11) is 1.53. The van der Waals surface area contributed by atoms with E-state index in [1.165, 1.54) is 19.5 Å². The molecule has 0 aliphatic carbocycles. The highest BCUT2D eigenvalue weighted by Crippen LogP contribution is 2.29. The third kappa shape index (κ3) is 1.92. The van der Waals surface area contributed by atoms with Crippen LogP contribution in [0.5, 0.6) is 5.75 Å². The highest BCUT2D eigenvalue weighted by molar-refractivity contribution is 6.30. The van der Waals surface area contributed by atoms with Crippen molar-refractivity contribution < 1.29 is 4.74 Å². The highest BCUT2D eigenvalue weighted by atomic mass is 35.5. The Morgan fingerprint density at radius 1 is 1.44 bits per heavy atom. The van der Waals surface area contributed by atoms with Crippen molar-refractivity contribution in [2.45, 2.75) is 0 Å². The number of aromatic nitrogens is 2. The van der Waals surface area contributed by atoms with Crippen LogP contribution >= 0.6 is 11.6 Å². The Bertz CT molecular complexity index is 566. The maximum absolute atomic E-state index is 11.6. The molecule has 0 aliphatic rings. The number of ether oxygens (including phenoxy) is 1. The summed E-state index contributed by atoms with van der Waals surface area (Å²) in [5.74, 6) is 0.564. The van der Waals surface area contributed by atoms with Crippen LogP contribution in [0.3, 0.4) is 0 Å². The Morgan fingerprint density at radius 2 is 2.25 bits per heavy atom. The van der Waals surface area contributed by atoms with Gasteiger partial charge in [0.1, 0.15) is 11.4 Å². The average molecular weight is 237 g/mol. The molecule has 1 aromatic carbocycles. The van der Waals surface area contributed by atoms with E-state index in [-0.39, 0.29) is 5.56 Å². The molecule has 1 heterocycles. The van der Waals surface area contributed by atoms with Crippen LogP contribution in [0.15, 0.2) is 35.4 Å². The molecule has 0 atom stereocenters. The van der Waals surface area contributed by atoms with Crippen LogP contribution in [-0.2, 0) is 0 Å². The normalized spacial score (nSPS) is 10.1. The minimum absolute atomic E-state index is 0.275. The lowest BCUT2D eigenvalue weighted by Crippen LogP contribution is -2.10. The van der Waals surface area contributed by atoms with Gasteiger partial charge in [0.25, 0.3) is 5.56 Å². The number of hydrogen-bond donors (Lipinski definition) is 1. The lowest BCUT2D eigenvalue weighted by Gasteiger charge is -2.07. The summed E-state index contributed by atoms with van der Waals surface area (Å²) in [5, 5.41) is 0.529. The van der Waals surface area contributed by atoms with Crippen molar-refractivity contribution >= 4 is 11.6 Å². The monoisotopic (exact) mass is 236 g/mol. The van der Waals surface area contributed by atoms with E-state index in [0.29, 0.717) is 22.0 Å². The first-order valence-electron chi connectivity index (χ1n) is 4.60. The van der Waals surface area contributed by atoms with Crippen molar-refractivity contribution in [3.8, 4) is 17.0 Å². The molecule has 0 unspecified atom stereocenters. The Balaban J connectivity index is 2.68. The summed E-state index contributed by atoms with van der Waals surface area (Å²) >= 11 is 5.88. The molecule has 1 N–H and O–H groups in total. The van der Waals surface area contributed by atoms with Gasteiger partial charge in [0, 0.05) is 23.0 Å². The van der Waals surface area contributed by atoms with Crippen LogP contribution in [0.2, 0.25) is 5.02 Å². The maximum atomic E-state index is 11.6. The predicted octanol–water partition coefficient (Wildman–Crippen LogP) is 2.10. The van der Waals surface area contributed by atoms with Gasteiger partial charge in [-0.2, -0.15) is 0 Å². The Hall–Kier alpha value is -1.81. The fraction of sp³-hybridized carbons (Fsp3) is 0.0909. The fourth-order valence-electron chi connectivity index (χ4n) is 1.41. The third-order valence-electron chi connectivity index (χ3n) is 2.12. The highest BCUT2D eigenvalue weighted by Gasteiger charge is 2.10. The molecular weight excluding hydrogens is 228 g/mol. The van der Waals surface area contributed by atoms with Crippen LogP contribution in [0.25, 0.3) is 11.3 Å². The summed E-state index contributed by atoms with van der Waals surface area (Å²) in [6, 6.07) is 5.05. The first kappa shape index (κ1) is 10.7. The molecule has 0 bridgehead atoms. The van der Waals surface area contributed by atoms with Crippen molar-refractivity contribution in [1.29, 1.82) is 0 Å². The van der Waals surface area contributed by atoms with Gasteiger partial charge in [-0.3, -0.25) is 4.79 Å². The molecule has 1 aromatic heterocycles. The smallest absolute Gasteiger partial charge is 0.274 e. The molecule has 0 fully saturated rings. The molecule has 0 amide bonds. The van der Waals surface area contributed by atoms with Crippen LogP contribution in [0.1, 0.15) is 0 Å². The van der Waals surface area contributed by atoms with E-state index >= 15 is 0 Å². The zero-order valence-electron chi connectivity index (χ0n) is 8.53. The molecular formula is C11H9ClN2O2. The molecule has 2 rings (SSSR count). The van der Waals surface area contributed by atoms with Crippen LogP contribution in [0.4, 0.5) is 0 Å². The molecule has 0 saturated heterocycles. The lowest BCUT2D eigenvalue weighted by molar-refractivity contribution is 0.416. The minimum Gasteiger partial charge on any atom is -0.496 e. The Morgan fingerprint density at radius 3 is 2.94 bits per heavy atom. The maximum Gasteiger partial charge on any atom is 0.274 e. The molecule has 4 nitrogen and oxygen atoms in total. The van der Waals surface area contributed by atoms with E-state index in [1.54, 1.807) is 18.2 Å². The standard InChI is InChI=1S/C11H9ClN2O2/c1-16-9-3-2-7(12)6-8(9)10-11(15)14-5-4-13-10/h2-6H,1H3,(H,14,15). The van der Waals surface area contributed by atoms with Crippen molar-refractivity contribution in [3.63, 3.8) is 0 Å². The molecule has 2 aromatic rings. The largest absolute Gasteiger partial charge is 0.496 e. The second-order valence-electron chi connectivity index (χ2n) is 3.11. The van der Waals surface area contributed by atoms with Gasteiger partial charge in [-0.05, 0) is 18.2 Å². The van der Waals surface area contributed by atoms with Crippen molar-refractivity contribution in [1.82, 2.24) is 9.97 Å². The molecule has 0 radical (unpaired) electrons. The van der Waals surface area contributed by atoms with E-state index < -0.39 is 0 Å². The molecule has 0 spiro atoms. The summed E-state index contributed by atoms with van der Waals surface area (Å²) in [6.45, 7) is 0. The molecule has 5 heteroatoms. The first-order valence-corrected chi connectivity index (χ1v) is 4.98. The lowest BCUT2D eigenvalue weighted by atomic mass is 10.1. The number of H-pyrrole nitrogens is 1. The van der Waals surface area contributed by atoms with E-state index in [1.807, 2.05) is 0 Å². The van der Waals surface area contributed by atoms with Crippen LogP contribution in [-0.4, -0.2) is 17.1 Å². The summed E-state index contributed by atoms with van der Waals surface area (Å²) < 4.78 is 5.16. The van der Waals surface area contributed by atoms with Crippen LogP contribution in [0, 0.1) is 0 Å². The Labute approximate surface area is 96.9 Å². The van der Waals surface area contributed by atoms with Gasteiger partial charge >= 0.3 is 0 Å². The summed E-state index contributed by atoms with van der Waals surface area (Å²) in [5.41, 5.74) is 0.599. The second-order valence-corrected chi connectivity index (χ2v) is 3.55. The predicted molar refractivity (Wildman–Crippen MR) is 61.9 cm³/mol. The number of methoxy groups -OCH3 is 1. The number of aromatic amines is 1. The number of nitrogens with one attached hydrogen (secondary N) is 1. The van der Waals surface area contributed by atoms with Gasteiger partial charge in [-0.25, -0.2) is 4.98 Å². The van der Waals surface area contributed by atoms with E-state index in [2.05, 4.69) is 9.97 Å². The summed E-state index contributed by atoms with van der Waals surface area (Å²) in [6.07, 6.45) is 2.99. The minimum atomic E-state index is -0.275. The molecule has 82 valence electrons. The Kier molecular flexibility index (Phi) is 2.92. The van der Waals surface area contributed by atoms with Crippen LogP contribution < -0.4 is 10.3 Å². The SMILES string of the molecule is COc1ccc(Cl)cc1-c1ncc[nH]c1=O. The number of hydrogen-bond acceptors (Lipinski definition) is 3. The van der Waals surface area contributed by atoms with E-state index in [9.17, 15) is 4.79 Å². The van der Waals surface area contributed by atoms with E-state index in [4.69, 9.17) is 16.3 Å². The van der Waals surface area contributed by atoms with Gasteiger partial charge in [-0.15, -0.1) is 0 Å². The fourth-order valence-corrected chi connectivity index (χ4v) is 1.58. The zero-order chi connectivity index (χ0) is 11.5. The molecule has 0 aliphatic heterocycles. The van der Waals surface area contributed by atoms with Crippen molar-refractivity contribution in [3.05, 3.63) is 46.0 Å². The van der Waals surface area contributed by atoms with Crippen molar-refractivity contribution in [2.24, 2.45) is 0 Å². The van der Waals surface area contributed by atoms with Gasteiger partial charge in [-0.1, -0.05) is 11.6 Å². The van der Waals surface area contributed by atoms with Gasteiger partial charge in [0.05, 0.1) is 7.11 Å². The molecule has 0 saturated carbocycles. The zero-order valence-corrected chi connectivity index (χ0v) is 9.28. The number of nitrogens with zero attached hydrogens (tertiary/aromatic N) is 1.